The molecule has 0 aliphatic carbocycles. The van der Waals surface area contributed by atoms with E-state index in [1.54, 1.807) is 0 Å². The van der Waals surface area contributed by atoms with Crippen LogP contribution in [0.2, 0.25) is 0 Å². The quantitative estimate of drug-likeness (QED) is 0.520. The third-order valence-electron chi connectivity index (χ3n) is 0. The SMILES string of the molecule is CC(=O)O.Cl.Cl.[KH].[MgH2].[NaH]. The van der Waals surface area contributed by atoms with E-state index in [1.165, 1.54) is 0 Å². The number of hydrogen-bond donors (Lipinski definition) is 1. The van der Waals surface area contributed by atoms with E-state index in [2.05, 4.69) is 0 Å². The Hall–Kier alpha value is 3.45. The van der Waals surface area contributed by atoms with Gasteiger partial charge in [0.2, 0.25) is 0 Å². The van der Waals surface area contributed by atoms with Crippen molar-refractivity contribution in [2.45, 2.75) is 6.92 Å². The molecule has 0 spiro atoms. The third kappa shape index (κ3) is 85.8. The van der Waals surface area contributed by atoms with E-state index in [1.807, 2.05) is 0 Å². The van der Waals surface area contributed by atoms with Gasteiger partial charge in [-0.2, -0.15) is 0 Å². The first kappa shape index (κ1) is 39.2. The molecule has 9 heavy (non-hydrogen) atoms. The molecule has 0 atom stereocenters. The molecule has 0 aromatic carbocycles. The third-order valence-corrected chi connectivity index (χ3v) is 0. The van der Waals surface area contributed by atoms with Gasteiger partial charge in [-0.25, -0.2) is 0 Å². The minimum absolute atomic E-state index is 0. The van der Waals surface area contributed by atoms with Gasteiger partial charge in [0.05, 0.1) is 0 Å². The summed E-state index contributed by atoms with van der Waals surface area (Å²) in [7, 11) is 0. The second kappa shape index (κ2) is 30.1. The molecule has 0 amide bonds. The monoisotopic (exact) mass is 222 g/mol. The molecule has 0 aromatic rings. The Morgan fingerprint density at radius 1 is 1.33 bits per heavy atom. The van der Waals surface area contributed by atoms with Gasteiger partial charge in [0.1, 0.15) is 0 Å². The Balaban J connectivity index is -0.00000000450. The van der Waals surface area contributed by atoms with Crippen molar-refractivity contribution < 1.29 is 9.90 Å². The standard InChI is InChI=1S/C2H4O2.2ClH.K.Mg.Na.4H/c1-2(3)4;;;;;;;;;/h1H3,(H,3,4);2*1H;;;;;;;. The van der Waals surface area contributed by atoms with Crippen molar-refractivity contribution >= 4 is 135 Å². The maximum atomic E-state index is 9.00. The van der Waals surface area contributed by atoms with Crippen molar-refractivity contribution in [3.8, 4) is 0 Å². The number of carboxylic acid groups (broad SMARTS) is 1. The number of hydrogen-bond acceptors (Lipinski definition) is 1. The Morgan fingerprint density at radius 2 is 1.33 bits per heavy atom. The molecule has 0 aliphatic heterocycles. The molecule has 2 nitrogen and oxygen atoms in total. The van der Waals surface area contributed by atoms with E-state index in [0.717, 1.165) is 6.92 Å². The molecule has 0 aromatic heterocycles. The molecule has 0 heterocycles. The Morgan fingerprint density at radius 3 is 1.33 bits per heavy atom. The van der Waals surface area contributed by atoms with Crippen molar-refractivity contribution in [3.63, 3.8) is 0 Å². The van der Waals surface area contributed by atoms with Crippen LogP contribution in [0.3, 0.4) is 0 Å². The van der Waals surface area contributed by atoms with E-state index >= 15 is 0 Å². The Kier molecular flexibility index (Phi) is 131. The van der Waals surface area contributed by atoms with E-state index in [4.69, 9.17) is 9.90 Å². The Bertz CT molecular complexity index is 45.5. The fourth-order valence-electron chi connectivity index (χ4n) is 0. The predicted octanol–water partition coefficient (Wildman–Crippen LogP) is -1.28. The fourth-order valence-corrected chi connectivity index (χ4v) is 0. The zero-order chi connectivity index (χ0) is 3.58. The van der Waals surface area contributed by atoms with E-state index in [9.17, 15) is 0 Å². The molecule has 0 fully saturated rings. The average Bonchev–Trinajstić information content (AvgIpc) is 0.811. The molecule has 48 valence electrons. The van der Waals surface area contributed by atoms with Crippen molar-refractivity contribution in [2.75, 3.05) is 0 Å². The molecular formula is C2H10Cl2KMgNaO2. The molecule has 0 bridgehead atoms. The van der Waals surface area contributed by atoms with Crippen LogP contribution in [-0.4, -0.2) is 115 Å². The zero-order valence-corrected chi connectivity index (χ0v) is 4.80. The van der Waals surface area contributed by atoms with Crippen LogP contribution in [0, 0.1) is 0 Å². The van der Waals surface area contributed by atoms with Gasteiger partial charge in [-0.3, -0.25) is 4.79 Å². The van der Waals surface area contributed by atoms with Crippen LogP contribution in [0.25, 0.3) is 0 Å². The molecule has 0 saturated heterocycles. The number of carbonyl (C=O) groups is 1. The van der Waals surface area contributed by atoms with Gasteiger partial charge in [-0.1, -0.05) is 0 Å². The summed E-state index contributed by atoms with van der Waals surface area (Å²) in [5.41, 5.74) is 0. The Labute approximate surface area is 148 Å². The van der Waals surface area contributed by atoms with Gasteiger partial charge in [-0.05, 0) is 0 Å². The summed E-state index contributed by atoms with van der Waals surface area (Å²) in [6, 6.07) is 0. The summed E-state index contributed by atoms with van der Waals surface area (Å²) in [5, 5.41) is 7.42. The first-order valence-electron chi connectivity index (χ1n) is 0.928. The van der Waals surface area contributed by atoms with Gasteiger partial charge in [-0.15, -0.1) is 24.8 Å². The summed E-state index contributed by atoms with van der Waals surface area (Å²) in [5.74, 6) is -0.833. The normalized spacial score (nSPS) is 2.78. The van der Waals surface area contributed by atoms with Crippen LogP contribution >= 0.6 is 24.8 Å². The first-order chi connectivity index (χ1) is 1.73. The molecule has 7 heteroatoms. The van der Waals surface area contributed by atoms with Crippen molar-refractivity contribution in [1.82, 2.24) is 0 Å². The fraction of sp³-hybridized carbons (Fsp3) is 0.500. The molecule has 0 rings (SSSR count). The van der Waals surface area contributed by atoms with Crippen molar-refractivity contribution in [3.05, 3.63) is 0 Å². The van der Waals surface area contributed by atoms with Crippen molar-refractivity contribution in [1.29, 1.82) is 0 Å². The zero-order valence-electron chi connectivity index (χ0n) is 3.17. The first-order valence-corrected chi connectivity index (χ1v) is 0.928. The summed E-state index contributed by atoms with van der Waals surface area (Å²) in [4.78, 5) is 9.00. The predicted molar refractivity (Wildman–Crippen MR) is 50.6 cm³/mol. The number of halogens is 2. The molecule has 0 unspecified atom stereocenters. The van der Waals surface area contributed by atoms with E-state index in [0.29, 0.717) is 0 Å². The van der Waals surface area contributed by atoms with Crippen LogP contribution < -0.4 is 0 Å². The molecular weight excluding hydrogens is 213 g/mol. The topological polar surface area (TPSA) is 37.3 Å². The summed E-state index contributed by atoms with van der Waals surface area (Å²) in [6.45, 7) is 1.08. The van der Waals surface area contributed by atoms with Crippen molar-refractivity contribution in [2.24, 2.45) is 0 Å². The second-order valence-corrected chi connectivity index (χ2v) is 0.519. The van der Waals surface area contributed by atoms with Crippen LogP contribution in [0.4, 0.5) is 0 Å². The summed E-state index contributed by atoms with van der Waals surface area (Å²) in [6.07, 6.45) is 0. The van der Waals surface area contributed by atoms with Gasteiger partial charge in [0, 0.05) is 6.92 Å². The number of aliphatic carboxylic acids is 1. The minimum atomic E-state index is -0.833. The van der Waals surface area contributed by atoms with Crippen LogP contribution in [0.1, 0.15) is 6.92 Å². The number of carboxylic acids is 1. The van der Waals surface area contributed by atoms with Gasteiger partial charge in [0.25, 0.3) is 5.97 Å². The summed E-state index contributed by atoms with van der Waals surface area (Å²) >= 11 is 0. The van der Waals surface area contributed by atoms with E-state index in [-0.39, 0.29) is 129 Å². The van der Waals surface area contributed by atoms with Gasteiger partial charge in [0.15, 0.2) is 0 Å². The molecule has 1 N–H and O–H groups in total. The molecule has 0 radical (unpaired) electrons. The maximum absolute atomic E-state index is 9.00. The average molecular weight is 223 g/mol. The van der Waals surface area contributed by atoms with E-state index < -0.39 is 5.97 Å². The molecule has 0 aliphatic rings. The van der Waals surface area contributed by atoms with Gasteiger partial charge < -0.3 is 5.11 Å². The van der Waals surface area contributed by atoms with Crippen LogP contribution in [0.15, 0.2) is 0 Å². The summed E-state index contributed by atoms with van der Waals surface area (Å²) < 4.78 is 0. The molecule has 0 saturated carbocycles. The van der Waals surface area contributed by atoms with Gasteiger partial charge >= 0.3 is 104 Å². The second-order valence-electron chi connectivity index (χ2n) is 0.519. The van der Waals surface area contributed by atoms with Crippen LogP contribution in [0.5, 0.6) is 0 Å². The van der Waals surface area contributed by atoms with Crippen LogP contribution in [-0.2, 0) is 4.79 Å². The number of rotatable bonds is 0.